The highest BCUT2D eigenvalue weighted by Gasteiger charge is 2.40. The molecule has 1 heterocycles. The van der Waals surface area contributed by atoms with Crippen LogP contribution in [0, 0.1) is 6.92 Å². The van der Waals surface area contributed by atoms with E-state index in [0.717, 1.165) is 42.0 Å². The number of aromatic nitrogens is 1. The molecule has 0 saturated carbocycles. The van der Waals surface area contributed by atoms with Crippen LogP contribution in [0.4, 0.5) is 17.1 Å². The van der Waals surface area contributed by atoms with E-state index in [4.69, 9.17) is 26.6 Å². The smallest absolute Gasteiger partial charge is 0.377 e. The van der Waals surface area contributed by atoms with Gasteiger partial charge in [0.1, 0.15) is 0 Å². The average molecular weight is 841 g/mol. The zero-order chi connectivity index (χ0) is 42.4. The summed E-state index contributed by atoms with van der Waals surface area (Å²) in [6, 6.07) is 55.2. The predicted molar refractivity (Wildman–Crippen MR) is 251 cm³/mol. The lowest BCUT2D eigenvalue weighted by Crippen LogP contribution is -2.46. The summed E-state index contributed by atoms with van der Waals surface area (Å²) in [5.41, 5.74) is 10.8. The van der Waals surface area contributed by atoms with Crippen molar-refractivity contribution >= 4 is 56.5 Å². The molecule has 0 aliphatic heterocycles. The van der Waals surface area contributed by atoms with Crippen molar-refractivity contribution in [2.45, 2.75) is 52.6 Å². The standard InChI is InChI=1S/C26H31NO3Si.C24H29NO3Si/c1-4-28-31(29-5-2,30-6-3)19-18-21-16-17-26-24(20-21)23-14-10-11-15-25(23)27(26)22-12-8-7-9-13-22;1-20-10-14-23(15-11-20)25(22-8-6-5-7-9-22)24-16-12-21(13-17-24)18-19-29(26-2,27-3)28-4/h7-17,20H,4-6,18-19H2,1-3H3;5-17H,18-19H2,1-4H3. The molecule has 7 aromatic rings. The first kappa shape index (κ1) is 44.7. The molecule has 0 bridgehead atoms. The van der Waals surface area contributed by atoms with Crippen LogP contribution >= 0.6 is 0 Å². The molecule has 0 fully saturated rings. The fourth-order valence-electron chi connectivity index (χ4n) is 7.71. The van der Waals surface area contributed by atoms with Crippen LogP contribution in [0.5, 0.6) is 0 Å². The largest absolute Gasteiger partial charge is 0.501 e. The molecule has 1 aromatic heterocycles. The molecule has 0 atom stereocenters. The lowest BCUT2D eigenvalue weighted by molar-refractivity contribution is 0.0714. The fourth-order valence-corrected chi connectivity index (χ4v) is 12.0. The van der Waals surface area contributed by atoms with Crippen LogP contribution in [0.25, 0.3) is 27.5 Å². The number of fused-ring (bicyclic) bond motifs is 3. The van der Waals surface area contributed by atoms with Crippen LogP contribution in [0.1, 0.15) is 37.5 Å². The molecule has 0 aliphatic carbocycles. The molecule has 60 heavy (non-hydrogen) atoms. The number of para-hydroxylation sites is 3. The molecule has 0 amide bonds. The first-order valence-corrected chi connectivity index (χ1v) is 24.8. The first-order valence-electron chi connectivity index (χ1n) is 21.0. The van der Waals surface area contributed by atoms with Crippen LogP contribution in [-0.2, 0) is 39.4 Å². The lowest BCUT2D eigenvalue weighted by Gasteiger charge is -2.28. The van der Waals surface area contributed by atoms with Gasteiger partial charge in [0, 0.05) is 86.8 Å². The topological polar surface area (TPSA) is 63.6 Å². The molecule has 0 radical (unpaired) electrons. The average Bonchev–Trinajstić information content (AvgIpc) is 3.62. The third kappa shape index (κ3) is 10.7. The molecule has 10 heteroatoms. The highest BCUT2D eigenvalue weighted by atomic mass is 28.4. The van der Waals surface area contributed by atoms with Crippen molar-refractivity contribution in [2.24, 2.45) is 0 Å². The second-order valence-electron chi connectivity index (χ2n) is 14.5. The number of hydrogen-bond acceptors (Lipinski definition) is 7. The predicted octanol–water partition coefficient (Wildman–Crippen LogP) is 12.3. The third-order valence-electron chi connectivity index (χ3n) is 10.7. The summed E-state index contributed by atoms with van der Waals surface area (Å²) in [5.74, 6) is 0. The van der Waals surface area contributed by atoms with E-state index < -0.39 is 17.6 Å². The van der Waals surface area contributed by atoms with E-state index in [1.54, 1.807) is 21.3 Å². The Kier molecular flexibility index (Phi) is 16.1. The Bertz CT molecular complexity index is 2330. The number of nitrogens with zero attached hydrogens (tertiary/aromatic N) is 2. The van der Waals surface area contributed by atoms with Gasteiger partial charge in [0.25, 0.3) is 0 Å². The zero-order valence-corrected chi connectivity index (χ0v) is 38.2. The van der Waals surface area contributed by atoms with Gasteiger partial charge < -0.3 is 36.0 Å². The quantitative estimate of drug-likeness (QED) is 0.0752. The minimum Gasteiger partial charge on any atom is -0.377 e. The monoisotopic (exact) mass is 840 g/mol. The Labute approximate surface area is 359 Å². The Hall–Kier alpha value is -4.89. The maximum absolute atomic E-state index is 6.04. The molecular weight excluding hydrogens is 781 g/mol. The SMILES string of the molecule is CCO[Si](CCc1ccc2c(c1)c1ccccc1n2-c1ccccc1)(OCC)OCC.CO[Si](CCc1ccc(N(c2ccccc2)c2ccc(C)cc2)cc1)(OC)OC. The molecule has 0 unspecified atom stereocenters. The summed E-state index contributed by atoms with van der Waals surface area (Å²) < 4.78 is 37.1. The summed E-state index contributed by atoms with van der Waals surface area (Å²) in [7, 11) is -0.246. The van der Waals surface area contributed by atoms with Gasteiger partial charge in [0.05, 0.1) is 11.0 Å². The highest BCUT2D eigenvalue weighted by molar-refractivity contribution is 6.61. The number of hydrogen-bond donors (Lipinski definition) is 0. The van der Waals surface area contributed by atoms with Gasteiger partial charge in [-0.05, 0) is 118 Å². The summed E-state index contributed by atoms with van der Waals surface area (Å²) in [5, 5.41) is 2.54. The molecule has 0 spiro atoms. The molecule has 8 nitrogen and oxygen atoms in total. The number of anilines is 3. The zero-order valence-electron chi connectivity index (χ0n) is 36.2. The van der Waals surface area contributed by atoms with Crippen LogP contribution in [0.15, 0.2) is 152 Å². The van der Waals surface area contributed by atoms with Crippen LogP contribution in [0.2, 0.25) is 12.1 Å². The van der Waals surface area contributed by atoms with Crippen molar-refractivity contribution in [1.82, 2.24) is 4.57 Å². The molecule has 314 valence electrons. The summed E-state index contributed by atoms with van der Waals surface area (Å²) in [6.45, 7) is 9.94. The van der Waals surface area contributed by atoms with E-state index in [9.17, 15) is 0 Å². The van der Waals surface area contributed by atoms with E-state index >= 15 is 0 Å². The number of benzene rings is 6. The van der Waals surface area contributed by atoms with Gasteiger partial charge in [-0.2, -0.15) is 0 Å². The van der Waals surface area contributed by atoms with E-state index in [1.165, 1.54) is 44.2 Å². The molecule has 0 aliphatic rings. The van der Waals surface area contributed by atoms with Gasteiger partial charge in [-0.3, -0.25) is 0 Å². The van der Waals surface area contributed by atoms with Crippen molar-refractivity contribution in [1.29, 1.82) is 0 Å². The van der Waals surface area contributed by atoms with Gasteiger partial charge in [0.15, 0.2) is 0 Å². The van der Waals surface area contributed by atoms with Crippen molar-refractivity contribution in [2.75, 3.05) is 46.0 Å². The van der Waals surface area contributed by atoms with E-state index in [0.29, 0.717) is 19.8 Å². The molecule has 0 saturated heterocycles. The third-order valence-corrected chi connectivity index (χ3v) is 16.5. The van der Waals surface area contributed by atoms with Gasteiger partial charge in [-0.1, -0.05) is 90.5 Å². The van der Waals surface area contributed by atoms with Crippen LogP contribution in [-0.4, -0.2) is 63.3 Å². The van der Waals surface area contributed by atoms with E-state index in [-0.39, 0.29) is 0 Å². The normalized spacial score (nSPS) is 11.8. The summed E-state index contributed by atoms with van der Waals surface area (Å²) in [4.78, 5) is 2.27. The summed E-state index contributed by atoms with van der Waals surface area (Å²) >= 11 is 0. The van der Waals surface area contributed by atoms with Crippen LogP contribution in [0.3, 0.4) is 0 Å². The molecule has 6 aromatic carbocycles. The second-order valence-corrected chi connectivity index (χ2v) is 20.3. The van der Waals surface area contributed by atoms with Crippen molar-refractivity contribution in [3.05, 3.63) is 168 Å². The maximum Gasteiger partial charge on any atom is 0.501 e. The van der Waals surface area contributed by atoms with E-state index in [1.807, 2.05) is 26.8 Å². The van der Waals surface area contributed by atoms with Crippen molar-refractivity contribution < 1.29 is 26.6 Å². The summed E-state index contributed by atoms with van der Waals surface area (Å²) in [6.07, 6.45) is 1.71. The molecular formula is C50H60N2O6Si2. The van der Waals surface area contributed by atoms with Crippen molar-refractivity contribution in [3.8, 4) is 5.69 Å². The Balaban J connectivity index is 0.000000202. The fraction of sp³-hybridized carbons (Fsp3) is 0.280. The Morgan fingerprint density at radius 3 is 1.52 bits per heavy atom. The highest BCUT2D eigenvalue weighted by Crippen LogP contribution is 2.36. The van der Waals surface area contributed by atoms with Gasteiger partial charge in [-0.25, -0.2) is 0 Å². The minimum atomic E-state index is -2.65. The Morgan fingerprint density at radius 2 is 0.933 bits per heavy atom. The maximum atomic E-state index is 6.04. The van der Waals surface area contributed by atoms with Gasteiger partial charge in [-0.15, -0.1) is 0 Å². The number of aryl methyl sites for hydroxylation is 3. The minimum absolute atomic E-state index is 0.607. The van der Waals surface area contributed by atoms with Crippen molar-refractivity contribution in [3.63, 3.8) is 0 Å². The van der Waals surface area contributed by atoms with Gasteiger partial charge in [0.2, 0.25) is 0 Å². The lowest BCUT2D eigenvalue weighted by atomic mass is 10.1. The van der Waals surface area contributed by atoms with Crippen LogP contribution < -0.4 is 4.90 Å². The second kappa shape index (κ2) is 21.6. The number of rotatable bonds is 19. The van der Waals surface area contributed by atoms with E-state index in [2.05, 4.69) is 162 Å². The first-order chi connectivity index (χ1) is 29.3. The Morgan fingerprint density at radius 1 is 0.467 bits per heavy atom. The van der Waals surface area contributed by atoms with Gasteiger partial charge >= 0.3 is 17.6 Å². The molecule has 0 N–H and O–H groups in total. The molecule has 7 rings (SSSR count).